The molecule has 8 heteroatoms. The van der Waals surface area contributed by atoms with Gasteiger partial charge in [0.2, 0.25) is 0 Å². The molecule has 1 aliphatic rings. The number of hydrogen-bond donors (Lipinski definition) is 0. The zero-order chi connectivity index (χ0) is 22.1. The Bertz CT molecular complexity index is 1210. The second kappa shape index (κ2) is 8.30. The van der Waals surface area contributed by atoms with Crippen molar-refractivity contribution in [1.82, 2.24) is 24.2 Å². The van der Waals surface area contributed by atoms with Crippen molar-refractivity contribution in [1.29, 1.82) is 0 Å². The number of aryl methyl sites for hydroxylation is 1. The molecular weight excluding hydrogens is 407 g/mol. The van der Waals surface area contributed by atoms with Gasteiger partial charge in [-0.15, -0.1) is 0 Å². The zero-order valence-electron chi connectivity index (χ0n) is 17.7. The average molecular weight is 430 g/mol. The molecule has 32 heavy (non-hydrogen) atoms. The summed E-state index contributed by atoms with van der Waals surface area (Å²) in [6.07, 6.45) is 5.54. The van der Waals surface area contributed by atoms with Gasteiger partial charge in [0.15, 0.2) is 5.82 Å². The number of carbonyl (C=O) groups excluding carboxylic acids is 1. The lowest BCUT2D eigenvalue weighted by molar-refractivity contribution is 0.0746. The first kappa shape index (κ1) is 20.0. The number of aromatic nitrogens is 4. The van der Waals surface area contributed by atoms with E-state index in [1.807, 2.05) is 59.1 Å². The third kappa shape index (κ3) is 3.64. The molecule has 0 radical (unpaired) electrons. The first-order valence-electron chi connectivity index (χ1n) is 10.6. The molecule has 7 nitrogen and oxygen atoms in total. The molecule has 4 aromatic rings. The van der Waals surface area contributed by atoms with E-state index in [1.165, 1.54) is 12.1 Å². The van der Waals surface area contributed by atoms with Crippen LogP contribution in [0.3, 0.4) is 0 Å². The minimum absolute atomic E-state index is 0.0553. The summed E-state index contributed by atoms with van der Waals surface area (Å²) in [4.78, 5) is 22.1. The standard InChI is InChI=1S/C24H23FN6O/c1-18-22(24(32)30-16-14-28(15-17-30)21-6-2-3-11-26-21)23(29-12-4-5-13-29)31(27-18)20-9-7-19(25)8-10-20/h2-13H,14-17H2,1H3. The highest BCUT2D eigenvalue weighted by Gasteiger charge is 2.29. The van der Waals surface area contributed by atoms with Gasteiger partial charge in [-0.1, -0.05) is 6.07 Å². The smallest absolute Gasteiger partial charge is 0.259 e. The summed E-state index contributed by atoms with van der Waals surface area (Å²) in [5.41, 5.74) is 1.88. The van der Waals surface area contributed by atoms with Crippen LogP contribution in [-0.2, 0) is 0 Å². The minimum Gasteiger partial charge on any atom is -0.353 e. The number of carbonyl (C=O) groups is 1. The number of halogens is 1. The number of hydrogen-bond acceptors (Lipinski definition) is 4. The quantitative estimate of drug-likeness (QED) is 0.498. The highest BCUT2D eigenvalue weighted by Crippen LogP contribution is 2.25. The molecule has 4 heterocycles. The van der Waals surface area contributed by atoms with Crippen LogP contribution in [0.25, 0.3) is 11.5 Å². The number of amides is 1. The molecule has 0 aliphatic carbocycles. The number of pyridine rings is 1. The van der Waals surface area contributed by atoms with Crippen LogP contribution in [0.15, 0.2) is 73.2 Å². The Morgan fingerprint density at radius 1 is 0.938 bits per heavy atom. The van der Waals surface area contributed by atoms with Crippen LogP contribution >= 0.6 is 0 Å². The monoisotopic (exact) mass is 430 g/mol. The predicted molar refractivity (Wildman–Crippen MR) is 120 cm³/mol. The Hall–Kier alpha value is -3.94. The summed E-state index contributed by atoms with van der Waals surface area (Å²) >= 11 is 0. The van der Waals surface area contributed by atoms with E-state index >= 15 is 0 Å². The van der Waals surface area contributed by atoms with Crippen molar-refractivity contribution in [2.24, 2.45) is 0 Å². The van der Waals surface area contributed by atoms with Crippen molar-refractivity contribution in [3.05, 3.63) is 90.3 Å². The van der Waals surface area contributed by atoms with Gasteiger partial charge < -0.3 is 14.4 Å². The van der Waals surface area contributed by atoms with Crippen LogP contribution < -0.4 is 4.90 Å². The summed E-state index contributed by atoms with van der Waals surface area (Å²) in [5.74, 6) is 1.20. The Morgan fingerprint density at radius 2 is 1.66 bits per heavy atom. The third-order valence-electron chi connectivity index (χ3n) is 5.71. The van der Waals surface area contributed by atoms with Gasteiger partial charge >= 0.3 is 0 Å². The van der Waals surface area contributed by atoms with Crippen molar-refractivity contribution in [2.75, 3.05) is 31.1 Å². The topological polar surface area (TPSA) is 59.2 Å². The highest BCUT2D eigenvalue weighted by atomic mass is 19.1. The fourth-order valence-corrected chi connectivity index (χ4v) is 4.08. The molecular formula is C24H23FN6O. The fourth-order valence-electron chi connectivity index (χ4n) is 4.08. The van der Waals surface area contributed by atoms with Crippen molar-refractivity contribution in [3.63, 3.8) is 0 Å². The van der Waals surface area contributed by atoms with Crippen LogP contribution in [0.1, 0.15) is 16.1 Å². The van der Waals surface area contributed by atoms with Crippen molar-refractivity contribution >= 4 is 11.7 Å². The van der Waals surface area contributed by atoms with E-state index in [2.05, 4.69) is 15.0 Å². The van der Waals surface area contributed by atoms with E-state index in [1.54, 1.807) is 23.0 Å². The number of rotatable bonds is 4. The molecule has 0 unspecified atom stereocenters. The lowest BCUT2D eigenvalue weighted by atomic mass is 10.2. The third-order valence-corrected chi connectivity index (χ3v) is 5.71. The van der Waals surface area contributed by atoms with E-state index in [9.17, 15) is 9.18 Å². The van der Waals surface area contributed by atoms with Gasteiger partial charge in [0.1, 0.15) is 17.2 Å². The Balaban J connectivity index is 1.47. The van der Waals surface area contributed by atoms with Crippen LogP contribution in [0.2, 0.25) is 0 Å². The maximum absolute atomic E-state index is 13.6. The van der Waals surface area contributed by atoms with Crippen LogP contribution in [-0.4, -0.2) is 56.3 Å². The van der Waals surface area contributed by atoms with E-state index < -0.39 is 0 Å². The van der Waals surface area contributed by atoms with E-state index in [-0.39, 0.29) is 11.7 Å². The number of benzene rings is 1. The molecule has 1 fully saturated rings. The van der Waals surface area contributed by atoms with Gasteiger partial charge in [-0.25, -0.2) is 14.1 Å². The van der Waals surface area contributed by atoms with Gasteiger partial charge in [0.05, 0.1) is 11.4 Å². The largest absolute Gasteiger partial charge is 0.353 e. The molecule has 5 rings (SSSR count). The van der Waals surface area contributed by atoms with Crippen molar-refractivity contribution < 1.29 is 9.18 Å². The molecule has 0 spiro atoms. The molecule has 0 N–H and O–H groups in total. The predicted octanol–water partition coefficient (Wildman–Crippen LogP) is 3.47. The number of anilines is 1. The second-order valence-corrected chi connectivity index (χ2v) is 7.73. The van der Waals surface area contributed by atoms with Crippen molar-refractivity contribution in [2.45, 2.75) is 6.92 Å². The average Bonchev–Trinajstić information content (AvgIpc) is 3.47. The van der Waals surface area contributed by atoms with Gasteiger partial charge in [0.25, 0.3) is 5.91 Å². The summed E-state index contributed by atoms with van der Waals surface area (Å²) in [7, 11) is 0. The summed E-state index contributed by atoms with van der Waals surface area (Å²) in [5, 5.41) is 4.65. The van der Waals surface area contributed by atoms with Gasteiger partial charge in [-0.3, -0.25) is 4.79 Å². The fraction of sp³-hybridized carbons (Fsp3) is 0.208. The summed E-state index contributed by atoms with van der Waals surface area (Å²) in [6, 6.07) is 15.8. The van der Waals surface area contributed by atoms with E-state index in [4.69, 9.17) is 0 Å². The van der Waals surface area contributed by atoms with Crippen molar-refractivity contribution in [3.8, 4) is 11.5 Å². The van der Waals surface area contributed by atoms with Gasteiger partial charge in [0, 0.05) is 44.8 Å². The molecule has 1 aliphatic heterocycles. The highest BCUT2D eigenvalue weighted by molar-refractivity contribution is 5.98. The van der Waals surface area contributed by atoms with Crippen LogP contribution in [0.4, 0.5) is 10.2 Å². The maximum Gasteiger partial charge on any atom is 0.259 e. The molecule has 0 bridgehead atoms. The lowest BCUT2D eigenvalue weighted by Gasteiger charge is -2.35. The number of piperazine rings is 1. The van der Waals surface area contributed by atoms with Gasteiger partial charge in [-0.2, -0.15) is 5.10 Å². The molecule has 1 amide bonds. The molecule has 0 atom stereocenters. The SMILES string of the molecule is Cc1nn(-c2ccc(F)cc2)c(-n2cccc2)c1C(=O)N1CCN(c2ccccn2)CC1. The molecule has 1 aromatic carbocycles. The maximum atomic E-state index is 13.6. The normalized spacial score (nSPS) is 14.1. The van der Waals surface area contributed by atoms with Gasteiger partial charge in [-0.05, 0) is 55.5 Å². The first-order chi connectivity index (χ1) is 15.6. The Kier molecular flexibility index (Phi) is 5.18. The van der Waals surface area contributed by atoms with Crippen LogP contribution in [0.5, 0.6) is 0 Å². The summed E-state index contributed by atoms with van der Waals surface area (Å²) in [6.45, 7) is 4.47. The Labute approximate surface area is 185 Å². The molecule has 0 saturated carbocycles. The Morgan fingerprint density at radius 3 is 2.31 bits per heavy atom. The minimum atomic E-state index is -0.317. The lowest BCUT2D eigenvalue weighted by Crippen LogP contribution is -2.49. The van der Waals surface area contributed by atoms with E-state index in [0.717, 1.165) is 5.82 Å². The molecule has 1 saturated heterocycles. The second-order valence-electron chi connectivity index (χ2n) is 7.73. The van der Waals surface area contributed by atoms with E-state index in [0.29, 0.717) is 48.9 Å². The summed E-state index contributed by atoms with van der Waals surface area (Å²) < 4.78 is 17.1. The van der Waals surface area contributed by atoms with Crippen LogP contribution in [0, 0.1) is 12.7 Å². The molecule has 162 valence electrons. The first-order valence-corrected chi connectivity index (χ1v) is 10.6. The molecule has 3 aromatic heterocycles. The zero-order valence-corrected chi connectivity index (χ0v) is 17.7. The number of nitrogens with zero attached hydrogens (tertiary/aromatic N) is 6.